The zero-order valence-corrected chi connectivity index (χ0v) is 9.95. The van der Waals surface area contributed by atoms with Crippen molar-refractivity contribution in [1.29, 1.82) is 5.26 Å². The number of nitro groups is 1. The maximum Gasteiger partial charge on any atom is 0.328 e. The summed E-state index contributed by atoms with van der Waals surface area (Å²) in [7, 11) is 0. The first kappa shape index (κ1) is 12.5. The van der Waals surface area contributed by atoms with Gasteiger partial charge in [0.05, 0.1) is 11.5 Å². The van der Waals surface area contributed by atoms with Crippen LogP contribution in [0.15, 0.2) is 22.9 Å². The minimum absolute atomic E-state index is 0.0321. The molecule has 2 aromatic heterocycles. The third kappa shape index (κ3) is 2.66. The summed E-state index contributed by atoms with van der Waals surface area (Å²) in [6, 6.07) is 4.76. The van der Waals surface area contributed by atoms with Gasteiger partial charge in [0.15, 0.2) is 0 Å². The van der Waals surface area contributed by atoms with Gasteiger partial charge in [-0.25, -0.2) is 4.98 Å². The average molecular weight is 259 g/mol. The number of aryl methyl sites for hydroxylation is 1. The van der Waals surface area contributed by atoms with E-state index in [1.54, 1.807) is 19.1 Å². The molecule has 2 aromatic rings. The molecule has 0 unspecified atom stereocenters. The Kier molecular flexibility index (Phi) is 3.38. The van der Waals surface area contributed by atoms with Crippen molar-refractivity contribution in [1.82, 2.24) is 10.1 Å². The molecular weight excluding hydrogens is 250 g/mol. The normalized spacial score (nSPS) is 9.89. The molecule has 0 fully saturated rings. The number of pyridine rings is 1. The van der Waals surface area contributed by atoms with Crippen LogP contribution in [-0.4, -0.2) is 15.1 Å². The molecule has 0 bridgehead atoms. The van der Waals surface area contributed by atoms with Crippen molar-refractivity contribution < 1.29 is 9.45 Å². The first-order chi connectivity index (χ1) is 9.11. The predicted octanol–water partition coefficient (Wildman–Crippen LogP) is 1.77. The maximum atomic E-state index is 11.0. The largest absolute Gasteiger partial charge is 0.361 e. The summed E-state index contributed by atoms with van der Waals surface area (Å²) < 4.78 is 4.88. The number of nitriles is 1. The van der Waals surface area contributed by atoms with Crippen LogP contribution < -0.4 is 5.32 Å². The lowest BCUT2D eigenvalue weighted by molar-refractivity contribution is -0.384. The van der Waals surface area contributed by atoms with Crippen LogP contribution in [0.3, 0.4) is 0 Å². The first-order valence-corrected chi connectivity index (χ1v) is 5.31. The molecule has 0 radical (unpaired) electrons. The van der Waals surface area contributed by atoms with Gasteiger partial charge in [0.2, 0.25) is 5.82 Å². The lowest BCUT2D eigenvalue weighted by Crippen LogP contribution is -2.06. The van der Waals surface area contributed by atoms with Crippen molar-refractivity contribution in [3.05, 3.63) is 45.5 Å². The predicted molar refractivity (Wildman–Crippen MR) is 64.2 cm³/mol. The summed E-state index contributed by atoms with van der Waals surface area (Å²) in [5, 5.41) is 26.3. The SMILES string of the molecule is Cc1cc(CNc2nccc(C#N)c2[N+](=O)[O-])no1. The van der Waals surface area contributed by atoms with Crippen LogP contribution >= 0.6 is 0 Å². The number of hydrogen-bond donors (Lipinski definition) is 1. The first-order valence-electron chi connectivity index (χ1n) is 5.31. The van der Waals surface area contributed by atoms with Crippen molar-refractivity contribution in [2.24, 2.45) is 0 Å². The summed E-state index contributed by atoms with van der Waals surface area (Å²) in [5.74, 6) is 0.676. The second-order valence-electron chi connectivity index (χ2n) is 3.71. The lowest BCUT2D eigenvalue weighted by Gasteiger charge is -2.04. The van der Waals surface area contributed by atoms with E-state index < -0.39 is 4.92 Å². The van der Waals surface area contributed by atoms with Crippen molar-refractivity contribution in [2.45, 2.75) is 13.5 Å². The Morgan fingerprint density at radius 1 is 1.63 bits per heavy atom. The molecule has 8 heteroatoms. The van der Waals surface area contributed by atoms with Gasteiger partial charge in [-0.2, -0.15) is 5.26 Å². The molecule has 0 spiro atoms. The number of rotatable bonds is 4. The Balaban J connectivity index is 2.25. The topological polar surface area (TPSA) is 118 Å². The van der Waals surface area contributed by atoms with Crippen LogP contribution in [0.4, 0.5) is 11.5 Å². The monoisotopic (exact) mass is 259 g/mol. The summed E-state index contributed by atoms with van der Waals surface area (Å²) in [5.41, 5.74) is 0.208. The molecule has 0 aliphatic carbocycles. The summed E-state index contributed by atoms with van der Waals surface area (Å²) in [4.78, 5) is 14.2. The van der Waals surface area contributed by atoms with Crippen molar-refractivity contribution in [3.8, 4) is 6.07 Å². The van der Waals surface area contributed by atoms with Gasteiger partial charge in [0, 0.05) is 12.3 Å². The zero-order chi connectivity index (χ0) is 13.8. The molecular formula is C11H9N5O3. The van der Waals surface area contributed by atoms with Gasteiger partial charge in [0.1, 0.15) is 23.1 Å². The highest BCUT2D eigenvalue weighted by Crippen LogP contribution is 2.25. The smallest absolute Gasteiger partial charge is 0.328 e. The summed E-state index contributed by atoms with van der Waals surface area (Å²) >= 11 is 0. The molecule has 0 amide bonds. The minimum Gasteiger partial charge on any atom is -0.361 e. The van der Waals surface area contributed by atoms with E-state index >= 15 is 0 Å². The molecule has 2 rings (SSSR count). The van der Waals surface area contributed by atoms with Crippen molar-refractivity contribution in [2.75, 3.05) is 5.32 Å². The Morgan fingerprint density at radius 3 is 3.00 bits per heavy atom. The third-order valence-corrected chi connectivity index (χ3v) is 2.34. The third-order valence-electron chi connectivity index (χ3n) is 2.34. The quantitative estimate of drug-likeness (QED) is 0.656. The van der Waals surface area contributed by atoms with E-state index in [9.17, 15) is 10.1 Å². The van der Waals surface area contributed by atoms with E-state index in [1.165, 1.54) is 12.3 Å². The van der Waals surface area contributed by atoms with E-state index in [4.69, 9.17) is 9.78 Å². The Labute approximate surface area is 107 Å². The molecule has 1 N–H and O–H groups in total. The molecule has 96 valence electrons. The van der Waals surface area contributed by atoms with E-state index in [0.29, 0.717) is 11.5 Å². The Bertz CT molecular complexity index is 659. The summed E-state index contributed by atoms with van der Waals surface area (Å²) in [6.07, 6.45) is 1.34. The number of nitrogens with zero attached hydrogens (tertiary/aromatic N) is 4. The fourth-order valence-electron chi connectivity index (χ4n) is 1.53. The van der Waals surface area contributed by atoms with E-state index in [0.717, 1.165) is 0 Å². The van der Waals surface area contributed by atoms with Gasteiger partial charge in [-0.1, -0.05) is 5.16 Å². The van der Waals surface area contributed by atoms with Gasteiger partial charge >= 0.3 is 5.69 Å². The summed E-state index contributed by atoms with van der Waals surface area (Å²) in [6.45, 7) is 1.97. The maximum absolute atomic E-state index is 11.0. The van der Waals surface area contributed by atoms with Crippen LogP contribution in [0.1, 0.15) is 17.0 Å². The van der Waals surface area contributed by atoms with Gasteiger partial charge in [-0.05, 0) is 13.0 Å². The van der Waals surface area contributed by atoms with Crippen LogP contribution in [0.5, 0.6) is 0 Å². The number of anilines is 1. The fraction of sp³-hybridized carbons (Fsp3) is 0.182. The lowest BCUT2D eigenvalue weighted by atomic mass is 10.2. The van der Waals surface area contributed by atoms with Gasteiger partial charge < -0.3 is 9.84 Å². The molecule has 2 heterocycles. The van der Waals surface area contributed by atoms with Crippen molar-refractivity contribution in [3.63, 3.8) is 0 Å². The fourth-order valence-corrected chi connectivity index (χ4v) is 1.53. The number of aromatic nitrogens is 2. The zero-order valence-electron chi connectivity index (χ0n) is 9.95. The average Bonchev–Trinajstić information content (AvgIpc) is 2.81. The van der Waals surface area contributed by atoms with Gasteiger partial charge in [-0.15, -0.1) is 0 Å². The van der Waals surface area contributed by atoms with Crippen LogP contribution in [0.2, 0.25) is 0 Å². The number of hydrogen-bond acceptors (Lipinski definition) is 7. The van der Waals surface area contributed by atoms with E-state index in [-0.39, 0.29) is 23.6 Å². The van der Waals surface area contributed by atoms with Gasteiger partial charge in [0.25, 0.3) is 0 Å². The molecule has 0 aromatic carbocycles. The highest BCUT2D eigenvalue weighted by molar-refractivity contribution is 5.64. The molecule has 8 nitrogen and oxygen atoms in total. The second-order valence-corrected chi connectivity index (χ2v) is 3.71. The Morgan fingerprint density at radius 2 is 2.42 bits per heavy atom. The van der Waals surface area contributed by atoms with Crippen molar-refractivity contribution >= 4 is 11.5 Å². The molecule has 0 aliphatic rings. The van der Waals surface area contributed by atoms with Crippen LogP contribution in [0.25, 0.3) is 0 Å². The second kappa shape index (κ2) is 5.14. The standard InChI is InChI=1S/C11H9N5O3/c1-7-4-9(15-19-7)6-14-11-10(16(17)18)8(5-12)2-3-13-11/h2-4H,6H2,1H3,(H,13,14). The number of nitrogens with one attached hydrogen (secondary N) is 1. The van der Waals surface area contributed by atoms with Crippen LogP contribution in [0, 0.1) is 28.4 Å². The molecule has 0 atom stereocenters. The highest BCUT2D eigenvalue weighted by Gasteiger charge is 2.21. The van der Waals surface area contributed by atoms with Gasteiger partial charge in [-0.3, -0.25) is 10.1 Å². The molecule has 0 saturated carbocycles. The highest BCUT2D eigenvalue weighted by atomic mass is 16.6. The molecule has 0 saturated heterocycles. The molecule has 19 heavy (non-hydrogen) atoms. The van der Waals surface area contributed by atoms with E-state index in [1.807, 2.05) is 0 Å². The Hall–Kier alpha value is -2.95. The minimum atomic E-state index is -0.637. The molecule has 0 aliphatic heterocycles. The van der Waals surface area contributed by atoms with E-state index in [2.05, 4.69) is 15.5 Å². The van der Waals surface area contributed by atoms with Crippen LogP contribution in [-0.2, 0) is 6.54 Å².